The summed E-state index contributed by atoms with van der Waals surface area (Å²) in [6, 6.07) is 14.9. The monoisotopic (exact) mass is 458 g/mol. The molecule has 3 rings (SSSR count). The fourth-order valence-electron chi connectivity index (χ4n) is 2.81. The molecule has 1 N–H and O–H groups in total. The van der Waals surface area contributed by atoms with Gasteiger partial charge in [0.05, 0.1) is 24.9 Å². The molecule has 0 spiro atoms. The minimum Gasteiger partial charge on any atom is -0.493 e. The third kappa shape index (κ3) is 6.05. The van der Waals surface area contributed by atoms with Gasteiger partial charge in [0.25, 0.3) is 11.1 Å². The molecule has 0 atom stereocenters. The maximum atomic E-state index is 12.6. The number of rotatable bonds is 9. The largest absolute Gasteiger partial charge is 0.493 e. The number of ether oxygens (including phenoxy) is 2. The zero-order chi connectivity index (χ0) is 22.2. The van der Waals surface area contributed by atoms with Crippen molar-refractivity contribution >= 4 is 46.7 Å². The van der Waals surface area contributed by atoms with E-state index in [-0.39, 0.29) is 35.9 Å². The van der Waals surface area contributed by atoms with E-state index < -0.39 is 0 Å². The second kappa shape index (κ2) is 10.9. The summed E-state index contributed by atoms with van der Waals surface area (Å²) >= 11 is 2.30. The van der Waals surface area contributed by atoms with Crippen LogP contribution in [0.3, 0.4) is 0 Å². The minimum absolute atomic E-state index is 0.121. The van der Waals surface area contributed by atoms with Crippen LogP contribution in [0.1, 0.15) is 5.56 Å². The second-order valence-electron chi connectivity index (χ2n) is 6.40. The molecule has 1 saturated heterocycles. The molecule has 162 valence electrons. The summed E-state index contributed by atoms with van der Waals surface area (Å²) in [5.41, 5.74) is 0.717. The fraction of sp³-hybridized carbons (Fsp3) is 0.227. The van der Waals surface area contributed by atoms with E-state index in [2.05, 4.69) is 5.32 Å². The Hall–Kier alpha value is -2.91. The highest BCUT2D eigenvalue weighted by atomic mass is 32.2. The van der Waals surface area contributed by atoms with E-state index in [9.17, 15) is 14.4 Å². The highest BCUT2D eigenvalue weighted by Gasteiger charge is 2.34. The predicted molar refractivity (Wildman–Crippen MR) is 122 cm³/mol. The van der Waals surface area contributed by atoms with Crippen molar-refractivity contribution < 1.29 is 23.9 Å². The number of hydrogen-bond acceptors (Lipinski definition) is 7. The number of benzene rings is 2. The lowest BCUT2D eigenvalue weighted by Gasteiger charge is -2.13. The molecular weight excluding hydrogens is 436 g/mol. The smallest absolute Gasteiger partial charge is 0.293 e. The SMILES string of the molecule is COc1ccc(/C=C2\SC(=O)N(CCNC(=O)CSc3ccccc3)C2=O)cc1OC. The Morgan fingerprint density at radius 1 is 1.10 bits per heavy atom. The van der Waals surface area contributed by atoms with Crippen LogP contribution >= 0.6 is 23.5 Å². The summed E-state index contributed by atoms with van der Waals surface area (Å²) in [6.45, 7) is 0.325. The van der Waals surface area contributed by atoms with E-state index in [0.29, 0.717) is 16.4 Å². The second-order valence-corrected chi connectivity index (χ2v) is 8.44. The molecule has 0 saturated carbocycles. The third-order valence-corrected chi connectivity index (χ3v) is 6.27. The van der Waals surface area contributed by atoms with Crippen LogP contribution < -0.4 is 14.8 Å². The Morgan fingerprint density at radius 3 is 2.55 bits per heavy atom. The summed E-state index contributed by atoms with van der Waals surface area (Å²) in [4.78, 5) is 39.4. The lowest BCUT2D eigenvalue weighted by molar-refractivity contribution is -0.123. The Kier molecular flexibility index (Phi) is 8.02. The summed E-state index contributed by atoms with van der Waals surface area (Å²) < 4.78 is 10.5. The molecule has 2 aromatic carbocycles. The van der Waals surface area contributed by atoms with Crippen molar-refractivity contribution in [2.75, 3.05) is 33.1 Å². The number of carbonyl (C=O) groups excluding carboxylic acids is 3. The van der Waals surface area contributed by atoms with Crippen LogP contribution in [0.15, 0.2) is 58.3 Å². The molecule has 9 heteroatoms. The Balaban J connectivity index is 1.53. The first-order chi connectivity index (χ1) is 15.0. The number of nitrogens with one attached hydrogen (secondary N) is 1. The standard InChI is InChI=1S/C22H22N2O5S2/c1-28-17-9-8-15(12-18(17)29-2)13-19-21(26)24(22(27)31-19)11-10-23-20(25)14-30-16-6-4-3-5-7-16/h3-9,12-13H,10-11,14H2,1-2H3,(H,23,25)/b19-13-. The van der Waals surface area contributed by atoms with Gasteiger partial charge in [-0.15, -0.1) is 11.8 Å². The Labute approximate surface area is 189 Å². The van der Waals surface area contributed by atoms with Gasteiger partial charge >= 0.3 is 0 Å². The topological polar surface area (TPSA) is 84.9 Å². The molecule has 31 heavy (non-hydrogen) atoms. The molecule has 1 aliphatic heterocycles. The van der Waals surface area contributed by atoms with Crippen LogP contribution in [-0.4, -0.2) is 55.0 Å². The van der Waals surface area contributed by atoms with Crippen molar-refractivity contribution in [3.8, 4) is 11.5 Å². The summed E-state index contributed by atoms with van der Waals surface area (Å²) in [5.74, 6) is 0.852. The van der Waals surface area contributed by atoms with Gasteiger partial charge in [-0.2, -0.15) is 0 Å². The van der Waals surface area contributed by atoms with Gasteiger partial charge in [0.15, 0.2) is 11.5 Å². The molecule has 0 aromatic heterocycles. The average Bonchev–Trinajstić information content (AvgIpc) is 3.05. The first-order valence-corrected chi connectivity index (χ1v) is 11.2. The highest BCUT2D eigenvalue weighted by molar-refractivity contribution is 8.18. The van der Waals surface area contributed by atoms with Gasteiger partial charge in [0, 0.05) is 18.0 Å². The molecule has 0 unspecified atom stereocenters. The number of imide groups is 1. The number of methoxy groups -OCH3 is 2. The van der Waals surface area contributed by atoms with Gasteiger partial charge in [0.1, 0.15) is 0 Å². The first kappa shape index (κ1) is 22.8. The Morgan fingerprint density at radius 2 is 1.84 bits per heavy atom. The summed E-state index contributed by atoms with van der Waals surface area (Å²) in [5, 5.41) is 2.39. The number of amides is 3. The van der Waals surface area contributed by atoms with Crippen LogP contribution in [0.25, 0.3) is 6.08 Å². The van der Waals surface area contributed by atoms with Gasteiger partial charge in [-0.05, 0) is 47.7 Å². The van der Waals surface area contributed by atoms with Gasteiger partial charge in [-0.3, -0.25) is 19.3 Å². The van der Waals surface area contributed by atoms with Gasteiger partial charge < -0.3 is 14.8 Å². The van der Waals surface area contributed by atoms with Crippen LogP contribution in [-0.2, 0) is 9.59 Å². The molecule has 0 radical (unpaired) electrons. The highest BCUT2D eigenvalue weighted by Crippen LogP contribution is 2.34. The molecule has 0 aliphatic carbocycles. The van der Waals surface area contributed by atoms with E-state index in [1.54, 1.807) is 31.4 Å². The molecule has 2 aromatic rings. The lowest BCUT2D eigenvalue weighted by atomic mass is 10.2. The van der Waals surface area contributed by atoms with Crippen molar-refractivity contribution in [3.63, 3.8) is 0 Å². The maximum absolute atomic E-state index is 12.6. The van der Waals surface area contributed by atoms with E-state index in [1.807, 2.05) is 30.3 Å². The van der Waals surface area contributed by atoms with Crippen LogP contribution in [0, 0.1) is 0 Å². The quantitative estimate of drug-likeness (QED) is 0.454. The van der Waals surface area contributed by atoms with Gasteiger partial charge in [-0.1, -0.05) is 24.3 Å². The number of hydrogen-bond donors (Lipinski definition) is 1. The number of carbonyl (C=O) groups is 3. The molecule has 1 fully saturated rings. The molecule has 7 nitrogen and oxygen atoms in total. The fourth-order valence-corrected chi connectivity index (χ4v) is 4.42. The zero-order valence-corrected chi connectivity index (χ0v) is 18.8. The first-order valence-electron chi connectivity index (χ1n) is 9.43. The van der Waals surface area contributed by atoms with Crippen molar-refractivity contribution in [2.24, 2.45) is 0 Å². The average molecular weight is 459 g/mol. The van der Waals surface area contributed by atoms with Crippen molar-refractivity contribution in [2.45, 2.75) is 4.90 Å². The summed E-state index contributed by atoms with van der Waals surface area (Å²) in [7, 11) is 3.07. The Bertz CT molecular complexity index is 995. The molecular formula is C22H22N2O5S2. The molecule has 0 bridgehead atoms. The van der Waals surface area contributed by atoms with Gasteiger partial charge in [-0.25, -0.2) is 0 Å². The maximum Gasteiger partial charge on any atom is 0.293 e. The molecule has 1 aliphatic rings. The van der Waals surface area contributed by atoms with Gasteiger partial charge in [0.2, 0.25) is 5.91 Å². The van der Waals surface area contributed by atoms with Crippen molar-refractivity contribution in [1.29, 1.82) is 0 Å². The third-order valence-electron chi connectivity index (χ3n) is 4.35. The lowest BCUT2D eigenvalue weighted by Crippen LogP contribution is -2.37. The van der Waals surface area contributed by atoms with Crippen LogP contribution in [0.5, 0.6) is 11.5 Å². The van der Waals surface area contributed by atoms with E-state index >= 15 is 0 Å². The number of thioether (sulfide) groups is 2. The molecule has 1 heterocycles. The van der Waals surface area contributed by atoms with E-state index in [1.165, 1.54) is 18.9 Å². The predicted octanol–water partition coefficient (Wildman–Crippen LogP) is 3.65. The van der Waals surface area contributed by atoms with Crippen molar-refractivity contribution in [3.05, 3.63) is 59.0 Å². The zero-order valence-electron chi connectivity index (χ0n) is 17.1. The van der Waals surface area contributed by atoms with Crippen LogP contribution in [0.2, 0.25) is 0 Å². The number of nitrogens with zero attached hydrogens (tertiary/aromatic N) is 1. The minimum atomic E-state index is -0.377. The van der Waals surface area contributed by atoms with Crippen molar-refractivity contribution in [1.82, 2.24) is 10.2 Å². The normalized spacial score (nSPS) is 14.8. The summed E-state index contributed by atoms with van der Waals surface area (Å²) in [6.07, 6.45) is 1.64. The van der Waals surface area contributed by atoms with E-state index in [4.69, 9.17) is 9.47 Å². The molecule has 3 amide bonds. The van der Waals surface area contributed by atoms with E-state index in [0.717, 1.165) is 27.1 Å². The van der Waals surface area contributed by atoms with Crippen LogP contribution in [0.4, 0.5) is 4.79 Å².